The van der Waals surface area contributed by atoms with Gasteiger partial charge in [0.2, 0.25) is 6.17 Å². The summed E-state index contributed by atoms with van der Waals surface area (Å²) in [6.45, 7) is 2.28. The first-order chi connectivity index (χ1) is 8.27. The van der Waals surface area contributed by atoms with Gasteiger partial charge in [-0.2, -0.15) is 0 Å². The summed E-state index contributed by atoms with van der Waals surface area (Å²) in [6.07, 6.45) is 18.7. The van der Waals surface area contributed by atoms with Crippen LogP contribution in [0.1, 0.15) is 90.4 Å². The van der Waals surface area contributed by atoms with Gasteiger partial charge in [-0.3, -0.25) is 0 Å². The smallest absolute Gasteiger partial charge is 0.207 e. The Balaban J connectivity index is 2.89. The van der Waals surface area contributed by atoms with Gasteiger partial charge in [-0.1, -0.05) is 77.6 Å². The van der Waals surface area contributed by atoms with Gasteiger partial charge in [0.1, 0.15) is 0 Å². The number of hydrogen-bond acceptors (Lipinski definition) is 0. The van der Waals surface area contributed by atoms with Gasteiger partial charge in [-0.05, 0) is 6.42 Å². The van der Waals surface area contributed by atoms with E-state index in [0.717, 1.165) is 0 Å². The average Bonchev–Trinajstić information content (AvgIpc) is 2.30. The number of unbranched alkanes of at least 4 members (excludes halogenated alkanes) is 11. The Hall–Kier alpha value is -0.0800. The minimum atomic E-state index is 0.401. The zero-order valence-electron chi connectivity index (χ0n) is 12.2. The molecule has 2 heteroatoms. The third kappa shape index (κ3) is 15.9. The van der Waals surface area contributed by atoms with Crippen molar-refractivity contribution >= 4 is 0 Å². The van der Waals surface area contributed by atoms with Crippen molar-refractivity contribution in [3.63, 3.8) is 0 Å². The minimum Gasteiger partial charge on any atom is -0.309 e. The molecule has 0 unspecified atom stereocenters. The highest BCUT2D eigenvalue weighted by Gasteiger charge is 1.99. The van der Waals surface area contributed by atoms with E-state index in [9.17, 15) is 0 Å². The van der Waals surface area contributed by atoms with Gasteiger partial charge in [0.15, 0.2) is 0 Å². The van der Waals surface area contributed by atoms with Crippen molar-refractivity contribution < 1.29 is 11.5 Å². The van der Waals surface area contributed by atoms with Gasteiger partial charge in [0.25, 0.3) is 0 Å². The van der Waals surface area contributed by atoms with E-state index in [4.69, 9.17) is 0 Å². The van der Waals surface area contributed by atoms with Crippen molar-refractivity contribution in [2.24, 2.45) is 0 Å². The SMILES string of the molecule is CCCCCCCCCCCCCCC([NH3+])[NH3+]. The molecule has 0 saturated heterocycles. The van der Waals surface area contributed by atoms with E-state index in [-0.39, 0.29) is 0 Å². The molecule has 2 nitrogen and oxygen atoms in total. The van der Waals surface area contributed by atoms with Crippen molar-refractivity contribution in [1.29, 1.82) is 0 Å². The van der Waals surface area contributed by atoms with E-state index in [1.54, 1.807) is 0 Å². The number of quaternary nitrogens is 2. The molecule has 0 aliphatic heterocycles. The fourth-order valence-electron chi connectivity index (χ4n) is 2.27. The standard InChI is InChI=1S/C15H34N2/c1-2-3-4-5-6-7-8-9-10-11-12-13-14-15(16)17/h15H,2-14,16-17H2,1H3/p+2. The second-order valence-corrected chi connectivity index (χ2v) is 5.54. The van der Waals surface area contributed by atoms with Crippen molar-refractivity contribution in [3.05, 3.63) is 0 Å². The second-order valence-electron chi connectivity index (χ2n) is 5.54. The molecule has 0 aliphatic rings. The molecule has 0 aromatic rings. The zero-order valence-corrected chi connectivity index (χ0v) is 12.2. The molecule has 104 valence electrons. The lowest BCUT2D eigenvalue weighted by Crippen LogP contribution is -2.84. The molecule has 6 N–H and O–H groups in total. The minimum absolute atomic E-state index is 0.401. The van der Waals surface area contributed by atoms with Crippen molar-refractivity contribution in [2.75, 3.05) is 0 Å². The molecule has 17 heavy (non-hydrogen) atoms. The maximum atomic E-state index is 3.92. The highest BCUT2D eigenvalue weighted by atomic mass is 14.8. The molecule has 0 aromatic carbocycles. The first-order valence-corrected chi connectivity index (χ1v) is 7.93. The molecular formula is C15H36N2+2. The predicted molar refractivity (Wildman–Crippen MR) is 75.3 cm³/mol. The van der Waals surface area contributed by atoms with Gasteiger partial charge in [-0.15, -0.1) is 0 Å². The largest absolute Gasteiger partial charge is 0.309 e. The fourth-order valence-corrected chi connectivity index (χ4v) is 2.27. The molecule has 0 heterocycles. The summed E-state index contributed by atoms with van der Waals surface area (Å²) in [5.74, 6) is 0. The van der Waals surface area contributed by atoms with Crippen LogP contribution >= 0.6 is 0 Å². The molecule has 0 atom stereocenters. The molecule has 0 aliphatic carbocycles. The Bertz CT molecular complexity index is 135. The normalized spacial score (nSPS) is 11.3. The molecule has 0 saturated carbocycles. The molecular weight excluding hydrogens is 208 g/mol. The summed E-state index contributed by atoms with van der Waals surface area (Å²) in [5, 5.41) is 0. The van der Waals surface area contributed by atoms with Crippen LogP contribution < -0.4 is 11.5 Å². The van der Waals surface area contributed by atoms with E-state index in [1.165, 1.54) is 83.5 Å². The van der Waals surface area contributed by atoms with E-state index < -0.39 is 0 Å². The fraction of sp³-hybridized carbons (Fsp3) is 1.00. The average molecular weight is 244 g/mol. The Kier molecular flexibility index (Phi) is 13.9. The van der Waals surface area contributed by atoms with Gasteiger partial charge in [-0.25, -0.2) is 0 Å². The first-order valence-electron chi connectivity index (χ1n) is 7.93. The maximum Gasteiger partial charge on any atom is 0.207 e. The van der Waals surface area contributed by atoms with Crippen LogP contribution in [-0.4, -0.2) is 6.17 Å². The van der Waals surface area contributed by atoms with Crippen LogP contribution in [0.15, 0.2) is 0 Å². The predicted octanol–water partition coefficient (Wildman–Crippen LogP) is 2.89. The lowest BCUT2D eigenvalue weighted by molar-refractivity contribution is -0.658. The van der Waals surface area contributed by atoms with E-state index in [1.807, 2.05) is 0 Å². The van der Waals surface area contributed by atoms with Crippen LogP contribution in [0.2, 0.25) is 0 Å². The number of hydrogen-bond donors (Lipinski definition) is 2. The summed E-state index contributed by atoms with van der Waals surface area (Å²) in [5.41, 5.74) is 7.83. The number of rotatable bonds is 13. The lowest BCUT2D eigenvalue weighted by atomic mass is 10.0. The monoisotopic (exact) mass is 244 g/mol. The summed E-state index contributed by atoms with van der Waals surface area (Å²) < 4.78 is 0. The Morgan fingerprint density at radius 3 is 1.29 bits per heavy atom. The van der Waals surface area contributed by atoms with Crippen LogP contribution in [0.3, 0.4) is 0 Å². The Morgan fingerprint density at radius 2 is 0.941 bits per heavy atom. The molecule has 0 fully saturated rings. The summed E-state index contributed by atoms with van der Waals surface area (Å²) in [7, 11) is 0. The topological polar surface area (TPSA) is 55.3 Å². The van der Waals surface area contributed by atoms with Gasteiger partial charge in [0, 0.05) is 0 Å². The maximum absolute atomic E-state index is 3.92. The third-order valence-electron chi connectivity index (χ3n) is 3.47. The summed E-state index contributed by atoms with van der Waals surface area (Å²) in [4.78, 5) is 0. The van der Waals surface area contributed by atoms with E-state index >= 15 is 0 Å². The van der Waals surface area contributed by atoms with Crippen LogP contribution in [0.4, 0.5) is 0 Å². The van der Waals surface area contributed by atoms with Gasteiger partial charge >= 0.3 is 0 Å². The second kappa shape index (κ2) is 14.0. The highest BCUT2D eigenvalue weighted by Crippen LogP contribution is 2.12. The summed E-state index contributed by atoms with van der Waals surface area (Å²) >= 11 is 0. The summed E-state index contributed by atoms with van der Waals surface area (Å²) in [6, 6.07) is 0. The van der Waals surface area contributed by atoms with Crippen LogP contribution in [0, 0.1) is 0 Å². The Morgan fingerprint density at radius 1 is 0.588 bits per heavy atom. The highest BCUT2D eigenvalue weighted by molar-refractivity contribution is 4.48. The molecule has 0 rings (SSSR count). The Labute approximate surface area is 109 Å². The quantitative estimate of drug-likeness (QED) is 0.370. The third-order valence-corrected chi connectivity index (χ3v) is 3.47. The molecule has 0 aromatic heterocycles. The van der Waals surface area contributed by atoms with E-state index in [0.29, 0.717) is 6.17 Å². The molecule has 0 amide bonds. The molecule has 0 spiro atoms. The molecule has 0 radical (unpaired) electrons. The lowest BCUT2D eigenvalue weighted by Gasteiger charge is -2.02. The van der Waals surface area contributed by atoms with Crippen molar-refractivity contribution in [2.45, 2.75) is 96.6 Å². The van der Waals surface area contributed by atoms with Gasteiger partial charge in [0.05, 0.1) is 6.42 Å². The van der Waals surface area contributed by atoms with Crippen molar-refractivity contribution in [3.8, 4) is 0 Å². The van der Waals surface area contributed by atoms with Crippen LogP contribution in [0.25, 0.3) is 0 Å². The van der Waals surface area contributed by atoms with E-state index in [2.05, 4.69) is 18.4 Å². The zero-order chi connectivity index (χ0) is 12.8. The first kappa shape index (κ1) is 16.9. The van der Waals surface area contributed by atoms with Crippen LogP contribution in [0.5, 0.6) is 0 Å². The van der Waals surface area contributed by atoms with Gasteiger partial charge < -0.3 is 11.5 Å². The van der Waals surface area contributed by atoms with Crippen LogP contribution in [-0.2, 0) is 0 Å². The molecule has 0 bridgehead atoms. The van der Waals surface area contributed by atoms with Crippen molar-refractivity contribution in [1.82, 2.24) is 0 Å².